The fraction of sp³-hybridized carbons (Fsp3) is 0.278. The minimum atomic E-state index is -0.353. The van der Waals surface area contributed by atoms with E-state index in [0.717, 1.165) is 22.4 Å². The standard InChI is InChI=1S/C18H19ClO2/c1-3-21-17-7-5-4-6-15(17)12-16(18(19)20)14-10-8-13(2)9-11-14/h4-11,16H,3,12H2,1-2H3. The highest BCUT2D eigenvalue weighted by atomic mass is 35.5. The zero-order valence-electron chi connectivity index (χ0n) is 12.3. The number of para-hydroxylation sites is 1. The quantitative estimate of drug-likeness (QED) is 0.735. The van der Waals surface area contributed by atoms with Crippen LogP contribution in [0.3, 0.4) is 0 Å². The van der Waals surface area contributed by atoms with Crippen LogP contribution >= 0.6 is 11.6 Å². The molecule has 2 aromatic rings. The van der Waals surface area contributed by atoms with Crippen LogP contribution in [0.15, 0.2) is 48.5 Å². The summed E-state index contributed by atoms with van der Waals surface area (Å²) in [5.41, 5.74) is 3.10. The molecule has 0 fully saturated rings. The molecule has 0 N–H and O–H groups in total. The van der Waals surface area contributed by atoms with Gasteiger partial charge in [-0.15, -0.1) is 0 Å². The van der Waals surface area contributed by atoms with Gasteiger partial charge in [-0.2, -0.15) is 0 Å². The molecule has 3 heteroatoms. The number of hydrogen-bond acceptors (Lipinski definition) is 2. The van der Waals surface area contributed by atoms with E-state index in [1.54, 1.807) is 0 Å². The van der Waals surface area contributed by atoms with Gasteiger partial charge in [0.2, 0.25) is 5.24 Å². The predicted octanol–water partition coefficient (Wildman–Crippen LogP) is 4.49. The van der Waals surface area contributed by atoms with Crippen LogP contribution in [0.25, 0.3) is 0 Å². The molecule has 0 aromatic heterocycles. The average molecular weight is 303 g/mol. The average Bonchev–Trinajstić information content (AvgIpc) is 2.47. The van der Waals surface area contributed by atoms with E-state index >= 15 is 0 Å². The lowest BCUT2D eigenvalue weighted by Gasteiger charge is -2.16. The van der Waals surface area contributed by atoms with Gasteiger partial charge in [0, 0.05) is 0 Å². The van der Waals surface area contributed by atoms with Crippen LogP contribution in [0.4, 0.5) is 0 Å². The van der Waals surface area contributed by atoms with Crippen molar-refractivity contribution in [2.75, 3.05) is 6.61 Å². The number of aryl methyl sites for hydroxylation is 1. The number of ether oxygens (including phenoxy) is 1. The zero-order valence-corrected chi connectivity index (χ0v) is 13.1. The summed E-state index contributed by atoms with van der Waals surface area (Å²) in [6.07, 6.45) is 0.543. The lowest BCUT2D eigenvalue weighted by molar-refractivity contribution is -0.113. The summed E-state index contributed by atoms with van der Waals surface area (Å²) in [4.78, 5) is 11.8. The second kappa shape index (κ2) is 7.28. The highest BCUT2D eigenvalue weighted by Crippen LogP contribution is 2.28. The number of halogens is 1. The first kappa shape index (κ1) is 15.6. The van der Waals surface area contributed by atoms with E-state index in [9.17, 15) is 4.79 Å². The third-order valence-corrected chi connectivity index (χ3v) is 3.71. The molecule has 110 valence electrons. The summed E-state index contributed by atoms with van der Waals surface area (Å²) in [6.45, 7) is 4.56. The van der Waals surface area contributed by atoms with Crippen molar-refractivity contribution in [1.29, 1.82) is 0 Å². The van der Waals surface area contributed by atoms with E-state index in [1.807, 2.05) is 62.4 Å². The maximum absolute atomic E-state index is 11.8. The Hall–Kier alpha value is -1.80. The normalized spacial score (nSPS) is 12.0. The second-order valence-corrected chi connectivity index (χ2v) is 5.38. The molecule has 0 saturated carbocycles. The topological polar surface area (TPSA) is 26.3 Å². The highest BCUT2D eigenvalue weighted by molar-refractivity contribution is 6.64. The molecule has 0 aliphatic rings. The Morgan fingerprint density at radius 1 is 1.14 bits per heavy atom. The molecule has 21 heavy (non-hydrogen) atoms. The molecular formula is C18H19ClO2. The third kappa shape index (κ3) is 4.08. The Kier molecular flexibility index (Phi) is 5.40. The largest absolute Gasteiger partial charge is 0.494 e. The van der Waals surface area contributed by atoms with Gasteiger partial charge in [0.25, 0.3) is 0 Å². The molecule has 0 aliphatic carbocycles. The van der Waals surface area contributed by atoms with Crippen molar-refractivity contribution in [2.24, 2.45) is 0 Å². The van der Waals surface area contributed by atoms with E-state index in [1.165, 1.54) is 0 Å². The first-order valence-electron chi connectivity index (χ1n) is 7.08. The van der Waals surface area contributed by atoms with Crippen molar-refractivity contribution in [2.45, 2.75) is 26.2 Å². The Labute approximate surface area is 130 Å². The van der Waals surface area contributed by atoms with Gasteiger partial charge in [-0.1, -0.05) is 48.0 Å². The van der Waals surface area contributed by atoms with Crippen molar-refractivity contribution in [3.63, 3.8) is 0 Å². The van der Waals surface area contributed by atoms with Gasteiger partial charge >= 0.3 is 0 Å². The van der Waals surface area contributed by atoms with Crippen molar-refractivity contribution >= 4 is 16.8 Å². The highest BCUT2D eigenvalue weighted by Gasteiger charge is 2.20. The van der Waals surface area contributed by atoms with Crippen molar-refractivity contribution in [3.05, 3.63) is 65.2 Å². The summed E-state index contributed by atoms with van der Waals surface area (Å²) < 4.78 is 5.62. The molecule has 0 spiro atoms. The van der Waals surface area contributed by atoms with Gasteiger partial charge in [0.15, 0.2) is 0 Å². The maximum atomic E-state index is 11.8. The van der Waals surface area contributed by atoms with Crippen molar-refractivity contribution in [1.82, 2.24) is 0 Å². The molecule has 2 rings (SSSR count). The Bertz CT molecular complexity index is 605. The van der Waals surface area contributed by atoms with Crippen LogP contribution in [0.1, 0.15) is 29.5 Å². The van der Waals surface area contributed by atoms with Gasteiger partial charge in [-0.3, -0.25) is 4.79 Å². The smallest absolute Gasteiger partial charge is 0.229 e. The molecule has 2 nitrogen and oxygen atoms in total. The molecule has 1 unspecified atom stereocenters. The van der Waals surface area contributed by atoms with Crippen LogP contribution in [0, 0.1) is 6.92 Å². The maximum Gasteiger partial charge on any atom is 0.229 e. The van der Waals surface area contributed by atoms with Crippen LogP contribution in [0.5, 0.6) is 5.75 Å². The van der Waals surface area contributed by atoms with Gasteiger partial charge in [-0.25, -0.2) is 0 Å². The van der Waals surface area contributed by atoms with Crippen molar-refractivity contribution < 1.29 is 9.53 Å². The predicted molar refractivity (Wildman–Crippen MR) is 86.1 cm³/mol. The van der Waals surface area contributed by atoms with Crippen LogP contribution < -0.4 is 4.74 Å². The minimum absolute atomic E-state index is 0.342. The fourth-order valence-corrected chi connectivity index (χ4v) is 2.52. The van der Waals surface area contributed by atoms with Crippen LogP contribution in [-0.2, 0) is 11.2 Å². The number of benzene rings is 2. The molecule has 0 bridgehead atoms. The van der Waals surface area contributed by atoms with Crippen LogP contribution in [0.2, 0.25) is 0 Å². The summed E-state index contributed by atoms with van der Waals surface area (Å²) in [6, 6.07) is 15.7. The lowest BCUT2D eigenvalue weighted by Crippen LogP contribution is -2.11. The van der Waals surface area contributed by atoms with E-state index in [2.05, 4.69) is 0 Å². The lowest BCUT2D eigenvalue weighted by atomic mass is 9.92. The first-order chi connectivity index (χ1) is 10.1. The number of rotatable bonds is 6. The fourth-order valence-electron chi connectivity index (χ4n) is 2.32. The number of carbonyl (C=O) groups excluding carboxylic acids is 1. The van der Waals surface area contributed by atoms with Gasteiger partial charge < -0.3 is 4.74 Å². The van der Waals surface area contributed by atoms with Gasteiger partial charge in [-0.05, 0) is 49.1 Å². The SMILES string of the molecule is CCOc1ccccc1CC(C(=O)Cl)c1ccc(C)cc1. The van der Waals surface area contributed by atoms with Crippen molar-refractivity contribution in [3.8, 4) is 5.75 Å². The number of hydrogen-bond donors (Lipinski definition) is 0. The molecule has 0 radical (unpaired) electrons. The first-order valence-corrected chi connectivity index (χ1v) is 7.46. The molecule has 2 aromatic carbocycles. The zero-order chi connectivity index (χ0) is 15.2. The molecule has 1 atom stereocenters. The second-order valence-electron chi connectivity index (χ2n) is 5.01. The van der Waals surface area contributed by atoms with E-state index in [0.29, 0.717) is 13.0 Å². The molecule has 0 amide bonds. The van der Waals surface area contributed by atoms with Gasteiger partial charge in [0.05, 0.1) is 12.5 Å². The van der Waals surface area contributed by atoms with E-state index in [-0.39, 0.29) is 11.2 Å². The Morgan fingerprint density at radius 2 is 1.81 bits per heavy atom. The van der Waals surface area contributed by atoms with Gasteiger partial charge in [0.1, 0.15) is 5.75 Å². The molecule has 0 saturated heterocycles. The van der Waals surface area contributed by atoms with E-state index in [4.69, 9.17) is 16.3 Å². The summed E-state index contributed by atoms with van der Waals surface area (Å²) in [5.74, 6) is 0.462. The van der Waals surface area contributed by atoms with E-state index < -0.39 is 0 Å². The summed E-state index contributed by atoms with van der Waals surface area (Å²) in [7, 11) is 0. The molecule has 0 heterocycles. The van der Waals surface area contributed by atoms with Crippen LogP contribution in [-0.4, -0.2) is 11.8 Å². The number of carbonyl (C=O) groups is 1. The Balaban J connectivity index is 2.29. The summed E-state index contributed by atoms with van der Waals surface area (Å²) in [5, 5.41) is -0.342. The molecular weight excluding hydrogens is 284 g/mol. The Morgan fingerprint density at radius 3 is 2.43 bits per heavy atom. The minimum Gasteiger partial charge on any atom is -0.494 e. The monoisotopic (exact) mass is 302 g/mol. The summed E-state index contributed by atoms with van der Waals surface area (Å²) >= 11 is 5.82. The molecule has 0 aliphatic heterocycles. The third-order valence-electron chi connectivity index (χ3n) is 3.45.